The van der Waals surface area contributed by atoms with Crippen LogP contribution in [0.25, 0.3) is 0 Å². The Bertz CT molecular complexity index is 2350. The maximum absolute atomic E-state index is 12.9. The molecule has 20 heteroatoms. The number of piperazine rings is 2. The van der Waals surface area contributed by atoms with Crippen molar-refractivity contribution in [1.82, 2.24) is 40.2 Å². The first-order valence-corrected chi connectivity index (χ1v) is 23.5. The molecule has 0 bridgehead atoms. The second-order valence-corrected chi connectivity index (χ2v) is 17.9. The molecule has 20 nitrogen and oxygen atoms in total. The number of carbonyl (C=O) groups is 2. The predicted octanol–water partition coefficient (Wildman–Crippen LogP) is 2.63. The minimum atomic E-state index is -0.225. The van der Waals surface area contributed by atoms with Gasteiger partial charge in [-0.1, -0.05) is 13.8 Å². The molecule has 68 heavy (non-hydrogen) atoms. The van der Waals surface area contributed by atoms with Crippen molar-refractivity contribution in [1.29, 1.82) is 10.5 Å². The van der Waals surface area contributed by atoms with E-state index in [1.165, 1.54) is 0 Å². The van der Waals surface area contributed by atoms with Crippen LogP contribution in [-0.4, -0.2) is 156 Å². The Morgan fingerprint density at radius 2 is 1.03 bits per heavy atom. The summed E-state index contributed by atoms with van der Waals surface area (Å²) in [6, 6.07) is 11.7. The van der Waals surface area contributed by atoms with Crippen molar-refractivity contribution >= 4 is 34.8 Å². The van der Waals surface area contributed by atoms with Crippen LogP contribution in [0.4, 0.5) is 23.0 Å². The maximum Gasteiger partial charge on any atom is 0.269 e. The van der Waals surface area contributed by atoms with Crippen LogP contribution in [-0.2, 0) is 19.1 Å². The number of carbonyl (C=O) groups excluding carboxylic acids is 2. The van der Waals surface area contributed by atoms with Crippen LogP contribution in [0.1, 0.15) is 61.8 Å². The Morgan fingerprint density at radius 3 is 1.38 bits per heavy atom. The van der Waals surface area contributed by atoms with Gasteiger partial charge in [-0.25, -0.2) is 20.2 Å². The van der Waals surface area contributed by atoms with Gasteiger partial charge in [0.25, 0.3) is 11.1 Å². The van der Waals surface area contributed by atoms with Gasteiger partial charge in [-0.3, -0.25) is 19.2 Å². The van der Waals surface area contributed by atoms with Crippen LogP contribution >= 0.6 is 0 Å². The largest absolute Gasteiger partial charge is 0.379 e. The highest BCUT2D eigenvalue weighted by Gasteiger charge is 2.31. The molecule has 2 N–H and O–H groups in total. The van der Waals surface area contributed by atoms with Crippen molar-refractivity contribution in [3.05, 3.63) is 92.0 Å². The monoisotopic (exact) mass is 930 g/mol. The van der Waals surface area contributed by atoms with Crippen LogP contribution in [0.3, 0.4) is 0 Å². The van der Waals surface area contributed by atoms with E-state index >= 15 is 0 Å². The predicted molar refractivity (Wildman–Crippen MR) is 255 cm³/mol. The van der Waals surface area contributed by atoms with E-state index in [-0.39, 0.29) is 46.9 Å². The summed E-state index contributed by atoms with van der Waals surface area (Å²) in [5, 5.41) is 30.7. The highest BCUT2D eigenvalue weighted by atomic mass is 16.5. The van der Waals surface area contributed by atoms with Crippen LogP contribution < -0.4 is 30.7 Å². The molecule has 0 radical (unpaired) electrons. The number of amides is 2. The van der Waals surface area contributed by atoms with Gasteiger partial charge in [0.2, 0.25) is 11.8 Å². The fraction of sp³-hybridized carbons (Fsp3) is 0.542. The average Bonchev–Trinajstić information content (AvgIpc) is 4.05. The zero-order valence-electron chi connectivity index (χ0n) is 39.5. The molecule has 4 aromatic heterocycles. The van der Waals surface area contributed by atoms with Gasteiger partial charge in [-0.05, 0) is 63.8 Å². The number of hydrogen-bond acceptors (Lipinski definition) is 16. The molecule has 8 rings (SSSR count). The molecule has 0 spiro atoms. The number of hydrogen-bond donors (Lipinski definition) is 2. The number of aromatic nitrogens is 6. The lowest BCUT2D eigenvalue weighted by atomic mass is 10.1. The fourth-order valence-corrected chi connectivity index (χ4v) is 9.25. The van der Waals surface area contributed by atoms with Gasteiger partial charge in [0, 0.05) is 89.0 Å². The van der Waals surface area contributed by atoms with Crippen molar-refractivity contribution in [2.24, 2.45) is 11.8 Å². The summed E-state index contributed by atoms with van der Waals surface area (Å²) in [6.45, 7) is 16.3. The summed E-state index contributed by atoms with van der Waals surface area (Å²) in [5.41, 5.74) is 3.79. The van der Waals surface area contributed by atoms with Crippen molar-refractivity contribution in [2.75, 3.05) is 111 Å². The fourth-order valence-electron chi connectivity index (χ4n) is 9.25. The Morgan fingerprint density at radius 1 is 0.632 bits per heavy atom. The second-order valence-electron chi connectivity index (χ2n) is 17.9. The number of aromatic amines is 2. The highest BCUT2D eigenvalue weighted by Crippen LogP contribution is 2.28. The standard InChI is InChI=1S/2C24H31N7O3/c2*1-17(15-34-16-20-4-3-7-31(20)21-14-27-28-23(32)18(21)2)24(33)30-10-8-29(9-11-30)22-6-5-19(12-25)13-26-22/h2*5-6,13-14,17,20H,3-4,7-11,15-16H2,1-2H3,(H,28,32)/t17-,20+;17-,20-/m10/s1. The lowest BCUT2D eigenvalue weighted by Crippen LogP contribution is -2.50. The quantitative estimate of drug-likeness (QED) is 0.185. The minimum Gasteiger partial charge on any atom is -0.379 e. The first-order valence-electron chi connectivity index (χ1n) is 23.5. The molecular formula is C48H62N14O6. The van der Waals surface area contributed by atoms with Crippen molar-refractivity contribution in [3.8, 4) is 12.1 Å². The number of rotatable bonds is 14. The Kier molecular flexibility index (Phi) is 16.7. The SMILES string of the molecule is Cc1c(N2CCC[C@H]2COC[C@@H](C)C(=O)N2CCN(c3ccc(C#N)cn3)CC2)cn[nH]c1=O.Cc1c(N2CCC[C@H]2COC[C@H](C)C(=O)N2CCN(c3ccc(C#N)cn3)CC2)cn[nH]c1=O. The summed E-state index contributed by atoms with van der Waals surface area (Å²) in [4.78, 5) is 70.9. The summed E-state index contributed by atoms with van der Waals surface area (Å²) < 4.78 is 12.0. The number of pyridine rings is 2. The number of anilines is 4. The molecule has 0 unspecified atom stereocenters. The van der Waals surface area contributed by atoms with Crippen LogP contribution in [0.5, 0.6) is 0 Å². The lowest BCUT2D eigenvalue weighted by Gasteiger charge is -2.36. The van der Waals surface area contributed by atoms with Gasteiger partial charge in [0.1, 0.15) is 23.8 Å². The number of nitrogens with zero attached hydrogens (tertiary/aromatic N) is 12. The summed E-state index contributed by atoms with van der Waals surface area (Å²) >= 11 is 0. The highest BCUT2D eigenvalue weighted by molar-refractivity contribution is 5.79. The average molecular weight is 931 g/mol. The van der Waals surface area contributed by atoms with Crippen molar-refractivity contribution in [2.45, 2.75) is 65.5 Å². The van der Waals surface area contributed by atoms with E-state index in [2.05, 4.69) is 62.1 Å². The van der Waals surface area contributed by atoms with E-state index in [9.17, 15) is 19.2 Å². The molecule has 4 aromatic rings. The Labute approximate surface area is 396 Å². The molecule has 2 amide bonds. The van der Waals surface area contributed by atoms with Crippen molar-refractivity contribution in [3.63, 3.8) is 0 Å². The molecule has 0 saturated carbocycles. The topological polar surface area (TPSA) is 237 Å². The van der Waals surface area contributed by atoms with E-state index in [1.54, 1.807) is 36.9 Å². The molecule has 4 aliphatic rings. The van der Waals surface area contributed by atoms with Gasteiger partial charge in [-0.2, -0.15) is 20.7 Å². The van der Waals surface area contributed by atoms with E-state index < -0.39 is 0 Å². The summed E-state index contributed by atoms with van der Waals surface area (Å²) in [6.07, 6.45) is 10.6. The molecule has 4 fully saturated rings. The molecule has 4 saturated heterocycles. The van der Waals surface area contributed by atoms with Crippen molar-refractivity contribution < 1.29 is 19.1 Å². The first kappa shape index (κ1) is 49.0. The van der Waals surface area contributed by atoms with E-state index in [0.29, 0.717) is 101 Å². The third-order valence-corrected chi connectivity index (χ3v) is 13.3. The smallest absolute Gasteiger partial charge is 0.269 e. The van der Waals surface area contributed by atoms with Crippen LogP contribution in [0.15, 0.2) is 58.6 Å². The molecular weight excluding hydrogens is 869 g/mol. The molecule has 0 aliphatic carbocycles. The maximum atomic E-state index is 12.9. The lowest BCUT2D eigenvalue weighted by molar-refractivity contribution is -0.138. The van der Waals surface area contributed by atoms with E-state index in [0.717, 1.165) is 61.8 Å². The van der Waals surface area contributed by atoms with Gasteiger partial charge in [0.15, 0.2) is 0 Å². The van der Waals surface area contributed by atoms with Gasteiger partial charge in [0.05, 0.1) is 85.2 Å². The van der Waals surface area contributed by atoms with Gasteiger partial charge >= 0.3 is 0 Å². The third-order valence-electron chi connectivity index (χ3n) is 13.3. The summed E-state index contributed by atoms with van der Waals surface area (Å²) in [5.74, 6) is 1.41. The zero-order valence-corrected chi connectivity index (χ0v) is 39.5. The van der Waals surface area contributed by atoms with Gasteiger partial charge in [-0.15, -0.1) is 0 Å². The minimum absolute atomic E-state index is 0.102. The van der Waals surface area contributed by atoms with Gasteiger partial charge < -0.3 is 38.9 Å². The number of H-pyrrole nitrogens is 2. The third kappa shape index (κ3) is 12.0. The Balaban J connectivity index is 0.000000201. The molecule has 0 aromatic carbocycles. The molecule has 8 heterocycles. The van der Waals surface area contributed by atoms with Crippen LogP contribution in [0.2, 0.25) is 0 Å². The normalized spacial score (nSPS) is 19.2. The molecule has 360 valence electrons. The van der Waals surface area contributed by atoms with E-state index in [1.807, 2.05) is 49.6 Å². The molecule has 4 atom stereocenters. The second kappa shape index (κ2) is 23.2. The first-order chi connectivity index (χ1) is 32.9. The number of nitriles is 2. The number of nitrogens with one attached hydrogen (secondary N) is 2. The summed E-state index contributed by atoms with van der Waals surface area (Å²) in [7, 11) is 0. The Hall–Kier alpha value is -6.90. The van der Waals surface area contributed by atoms with E-state index in [4.69, 9.17) is 20.0 Å². The van der Waals surface area contributed by atoms with Crippen LogP contribution in [0, 0.1) is 48.3 Å². The molecule has 4 aliphatic heterocycles. The zero-order chi connectivity index (χ0) is 48.2. The number of ether oxygens (including phenoxy) is 2.